The van der Waals surface area contributed by atoms with Crippen LogP contribution in [-0.2, 0) is 0 Å². The van der Waals surface area contributed by atoms with Crippen molar-refractivity contribution in [2.45, 2.75) is 46.5 Å². The summed E-state index contributed by atoms with van der Waals surface area (Å²) >= 11 is 4.91. The molecule has 1 aromatic rings. The molecule has 18 heavy (non-hydrogen) atoms. The molecule has 0 radical (unpaired) electrons. The molecule has 0 aromatic carbocycles. The largest absolute Gasteiger partial charge is 0.351 e. The first-order chi connectivity index (χ1) is 8.44. The first-order valence-corrected chi connectivity index (χ1v) is 8.14. The van der Waals surface area contributed by atoms with Crippen LogP contribution in [0.4, 0.5) is 0 Å². The van der Waals surface area contributed by atoms with Gasteiger partial charge >= 0.3 is 0 Å². The van der Waals surface area contributed by atoms with Gasteiger partial charge in [0.25, 0.3) is 5.91 Å². The highest BCUT2D eigenvalue weighted by molar-refractivity contribution is 9.11. The highest BCUT2D eigenvalue weighted by atomic mass is 79.9. The topological polar surface area (TPSA) is 29.1 Å². The molecule has 0 aliphatic rings. The third-order valence-corrected chi connectivity index (χ3v) is 4.52. The Bertz CT molecular complexity index is 387. The number of hydrogen-bond acceptors (Lipinski definition) is 2. The van der Waals surface area contributed by atoms with Crippen LogP contribution in [0, 0.1) is 5.41 Å². The molecule has 0 bridgehead atoms. The Labute approximate surface area is 122 Å². The summed E-state index contributed by atoms with van der Waals surface area (Å²) in [6, 6.07) is 1.87. The van der Waals surface area contributed by atoms with Crippen molar-refractivity contribution in [2.24, 2.45) is 5.41 Å². The van der Waals surface area contributed by atoms with Crippen molar-refractivity contribution in [2.75, 3.05) is 6.54 Å². The lowest BCUT2D eigenvalue weighted by molar-refractivity contribution is 0.0934. The molecule has 0 atom stereocenters. The van der Waals surface area contributed by atoms with Crippen molar-refractivity contribution in [3.63, 3.8) is 0 Å². The Kier molecular flexibility index (Phi) is 6.36. The molecule has 0 spiro atoms. The number of rotatable bonds is 7. The van der Waals surface area contributed by atoms with Gasteiger partial charge < -0.3 is 5.32 Å². The summed E-state index contributed by atoms with van der Waals surface area (Å²) in [5.74, 6) is 0.0283. The van der Waals surface area contributed by atoms with E-state index in [4.69, 9.17) is 0 Å². The Hall–Kier alpha value is -0.350. The van der Waals surface area contributed by atoms with Gasteiger partial charge in [-0.1, -0.05) is 40.0 Å². The Morgan fingerprint density at radius 1 is 1.44 bits per heavy atom. The van der Waals surface area contributed by atoms with Gasteiger partial charge in [0, 0.05) is 11.9 Å². The van der Waals surface area contributed by atoms with E-state index in [0.29, 0.717) is 0 Å². The maximum atomic E-state index is 11.9. The predicted octanol–water partition coefficient (Wildman–Crippen LogP) is 4.85. The molecule has 1 rings (SSSR count). The maximum absolute atomic E-state index is 11.9. The van der Waals surface area contributed by atoms with Crippen LogP contribution >= 0.6 is 27.3 Å². The molecule has 102 valence electrons. The van der Waals surface area contributed by atoms with Gasteiger partial charge in [0.2, 0.25) is 0 Å². The molecule has 0 saturated heterocycles. The first-order valence-electron chi connectivity index (χ1n) is 6.47. The van der Waals surface area contributed by atoms with Crippen molar-refractivity contribution < 1.29 is 4.79 Å². The van der Waals surface area contributed by atoms with Crippen molar-refractivity contribution in [3.05, 3.63) is 20.8 Å². The normalized spacial score (nSPS) is 11.6. The molecule has 1 heterocycles. The van der Waals surface area contributed by atoms with Gasteiger partial charge in [0.1, 0.15) is 0 Å². The lowest BCUT2D eigenvalue weighted by Crippen LogP contribution is -2.33. The fraction of sp³-hybridized carbons (Fsp3) is 0.643. The predicted molar refractivity (Wildman–Crippen MR) is 82.3 cm³/mol. The second-order valence-corrected chi connectivity index (χ2v) is 7.73. The van der Waals surface area contributed by atoms with Gasteiger partial charge in [-0.15, -0.1) is 11.3 Å². The lowest BCUT2D eigenvalue weighted by Gasteiger charge is -2.24. The van der Waals surface area contributed by atoms with E-state index < -0.39 is 0 Å². The van der Waals surface area contributed by atoms with Gasteiger partial charge in [-0.05, 0) is 33.8 Å². The van der Waals surface area contributed by atoms with Gasteiger partial charge in [-0.3, -0.25) is 4.79 Å². The molecular weight excluding hydrogens is 310 g/mol. The standard InChI is InChI=1S/C14H22BrNOS/c1-4-5-6-7-14(2,3)10-16-13(17)11-8-12(15)18-9-11/h8-9H,4-7,10H2,1-3H3,(H,16,17). The molecule has 1 aromatic heterocycles. The molecule has 2 nitrogen and oxygen atoms in total. The van der Waals surface area contributed by atoms with Crippen LogP contribution in [-0.4, -0.2) is 12.5 Å². The van der Waals surface area contributed by atoms with Crippen molar-refractivity contribution in [1.29, 1.82) is 0 Å². The fourth-order valence-corrected chi connectivity index (χ4v) is 2.93. The monoisotopic (exact) mass is 331 g/mol. The SMILES string of the molecule is CCCCCC(C)(C)CNC(=O)c1csc(Br)c1. The summed E-state index contributed by atoms with van der Waals surface area (Å²) in [7, 11) is 0. The third-order valence-electron chi connectivity index (χ3n) is 3.01. The van der Waals surface area contributed by atoms with E-state index in [2.05, 4.69) is 42.0 Å². The van der Waals surface area contributed by atoms with Crippen LogP contribution in [0.3, 0.4) is 0 Å². The second-order valence-electron chi connectivity index (χ2n) is 5.44. The first kappa shape index (κ1) is 15.7. The quantitative estimate of drug-likeness (QED) is 0.711. The number of carbonyl (C=O) groups excluding carboxylic acids is 1. The molecule has 0 aliphatic carbocycles. The second kappa shape index (κ2) is 7.29. The van der Waals surface area contributed by atoms with E-state index >= 15 is 0 Å². The molecule has 1 N–H and O–H groups in total. The molecular formula is C14H22BrNOS. The highest BCUT2D eigenvalue weighted by Gasteiger charge is 2.19. The number of hydrogen-bond donors (Lipinski definition) is 1. The van der Waals surface area contributed by atoms with Crippen LogP contribution < -0.4 is 5.32 Å². The third kappa shape index (κ3) is 5.53. The van der Waals surface area contributed by atoms with E-state index in [0.717, 1.165) is 22.3 Å². The molecule has 1 amide bonds. The van der Waals surface area contributed by atoms with E-state index in [-0.39, 0.29) is 11.3 Å². The van der Waals surface area contributed by atoms with E-state index in [1.165, 1.54) is 30.6 Å². The number of nitrogens with one attached hydrogen (secondary N) is 1. The lowest BCUT2D eigenvalue weighted by atomic mass is 9.87. The van der Waals surface area contributed by atoms with Crippen molar-refractivity contribution in [3.8, 4) is 0 Å². The summed E-state index contributed by atoms with van der Waals surface area (Å²) < 4.78 is 0.995. The van der Waals surface area contributed by atoms with Gasteiger partial charge in [0.15, 0.2) is 0 Å². The van der Waals surface area contributed by atoms with Crippen LogP contribution in [0.25, 0.3) is 0 Å². The highest BCUT2D eigenvalue weighted by Crippen LogP contribution is 2.24. The molecule has 0 fully saturated rings. The minimum absolute atomic E-state index is 0.0283. The zero-order valence-electron chi connectivity index (χ0n) is 11.4. The van der Waals surface area contributed by atoms with Crippen LogP contribution in [0.15, 0.2) is 15.2 Å². The van der Waals surface area contributed by atoms with Gasteiger partial charge in [-0.25, -0.2) is 0 Å². The minimum atomic E-state index is 0.0283. The number of carbonyl (C=O) groups is 1. The Balaban J connectivity index is 2.37. The summed E-state index contributed by atoms with van der Waals surface area (Å²) in [5, 5.41) is 4.90. The minimum Gasteiger partial charge on any atom is -0.351 e. The Morgan fingerprint density at radius 3 is 2.72 bits per heavy atom. The smallest absolute Gasteiger partial charge is 0.252 e. The number of unbranched alkanes of at least 4 members (excludes halogenated alkanes) is 2. The summed E-state index contributed by atoms with van der Waals surface area (Å²) in [6.45, 7) is 7.38. The number of thiophene rings is 1. The number of halogens is 1. The zero-order chi connectivity index (χ0) is 13.6. The van der Waals surface area contributed by atoms with Gasteiger partial charge in [0.05, 0.1) is 9.35 Å². The fourth-order valence-electron chi connectivity index (χ4n) is 1.79. The van der Waals surface area contributed by atoms with Crippen molar-refractivity contribution in [1.82, 2.24) is 5.32 Å². The number of amides is 1. The molecule has 0 unspecified atom stereocenters. The molecule has 0 saturated carbocycles. The van der Waals surface area contributed by atoms with Crippen LogP contribution in [0.5, 0.6) is 0 Å². The van der Waals surface area contributed by atoms with Crippen molar-refractivity contribution >= 4 is 33.2 Å². The zero-order valence-corrected chi connectivity index (χ0v) is 13.8. The van der Waals surface area contributed by atoms with Gasteiger partial charge in [-0.2, -0.15) is 0 Å². The van der Waals surface area contributed by atoms with Crippen LogP contribution in [0.1, 0.15) is 56.8 Å². The summed E-state index contributed by atoms with van der Waals surface area (Å²) in [5.41, 5.74) is 0.925. The average molecular weight is 332 g/mol. The van der Waals surface area contributed by atoms with E-state index in [9.17, 15) is 4.79 Å². The molecule has 4 heteroatoms. The molecule has 0 aliphatic heterocycles. The van der Waals surface area contributed by atoms with E-state index in [1.54, 1.807) is 0 Å². The maximum Gasteiger partial charge on any atom is 0.252 e. The average Bonchev–Trinajstić information content (AvgIpc) is 2.73. The Morgan fingerprint density at radius 2 is 2.17 bits per heavy atom. The summed E-state index contributed by atoms with van der Waals surface area (Å²) in [4.78, 5) is 11.9. The summed E-state index contributed by atoms with van der Waals surface area (Å²) in [6.07, 6.45) is 4.91. The van der Waals surface area contributed by atoms with Crippen LogP contribution in [0.2, 0.25) is 0 Å². The van der Waals surface area contributed by atoms with E-state index in [1.807, 2.05) is 11.4 Å².